The number of carbonyl (C=O) groups excluding carboxylic acids is 2. The van der Waals surface area contributed by atoms with Crippen LogP contribution >= 0.6 is 0 Å². The summed E-state index contributed by atoms with van der Waals surface area (Å²) >= 11 is 0. The van der Waals surface area contributed by atoms with Gasteiger partial charge in [-0.25, -0.2) is 0 Å². The van der Waals surface area contributed by atoms with E-state index in [0.717, 1.165) is 44.9 Å². The Labute approximate surface area is 249 Å². The molecule has 4 heteroatoms. The van der Waals surface area contributed by atoms with E-state index in [4.69, 9.17) is 5.11 Å². The van der Waals surface area contributed by atoms with E-state index < -0.39 is 5.97 Å². The van der Waals surface area contributed by atoms with Crippen molar-refractivity contribution in [3.05, 3.63) is 0 Å². The van der Waals surface area contributed by atoms with Crippen LogP contribution in [0.4, 0.5) is 0 Å². The maximum atomic E-state index is 13.0. The number of ketones is 2. The molecular formula is C36H68O4. The van der Waals surface area contributed by atoms with Crippen molar-refractivity contribution < 1.29 is 19.5 Å². The van der Waals surface area contributed by atoms with Crippen LogP contribution in [0.2, 0.25) is 0 Å². The van der Waals surface area contributed by atoms with Gasteiger partial charge in [-0.05, 0) is 25.7 Å². The second kappa shape index (κ2) is 30.8. The van der Waals surface area contributed by atoms with Crippen molar-refractivity contribution in [3.63, 3.8) is 0 Å². The predicted octanol–water partition coefficient (Wildman–Crippen LogP) is 11.6. The number of Topliss-reactive ketones (excluding diaryl/α,β-unsaturated/α-hetero) is 2. The summed E-state index contributed by atoms with van der Waals surface area (Å²) in [6.45, 7) is 4.52. The van der Waals surface area contributed by atoms with E-state index >= 15 is 0 Å². The third-order valence-corrected chi connectivity index (χ3v) is 8.46. The van der Waals surface area contributed by atoms with Gasteiger partial charge < -0.3 is 5.11 Å². The van der Waals surface area contributed by atoms with Gasteiger partial charge in [0.2, 0.25) is 0 Å². The van der Waals surface area contributed by atoms with Crippen LogP contribution in [0.5, 0.6) is 0 Å². The summed E-state index contributed by atoms with van der Waals surface area (Å²) in [4.78, 5) is 36.5. The van der Waals surface area contributed by atoms with Crippen LogP contribution in [-0.2, 0) is 14.4 Å². The molecule has 4 nitrogen and oxygen atoms in total. The van der Waals surface area contributed by atoms with E-state index in [0.29, 0.717) is 25.7 Å². The zero-order chi connectivity index (χ0) is 29.5. The largest absolute Gasteiger partial charge is 0.481 e. The van der Waals surface area contributed by atoms with E-state index in [2.05, 4.69) is 13.8 Å². The van der Waals surface area contributed by atoms with Gasteiger partial charge in [-0.2, -0.15) is 0 Å². The average Bonchev–Trinajstić information content (AvgIpc) is 2.93. The van der Waals surface area contributed by atoms with E-state index in [-0.39, 0.29) is 23.9 Å². The molecule has 0 spiro atoms. The molecule has 0 radical (unpaired) electrons. The monoisotopic (exact) mass is 565 g/mol. The lowest BCUT2D eigenvalue weighted by atomic mass is 9.88. The van der Waals surface area contributed by atoms with E-state index in [1.807, 2.05) is 0 Å². The maximum Gasteiger partial charge on any atom is 0.303 e. The van der Waals surface area contributed by atoms with Crippen molar-refractivity contribution in [2.75, 3.05) is 0 Å². The lowest BCUT2D eigenvalue weighted by molar-refractivity contribution is -0.137. The third kappa shape index (κ3) is 28.3. The minimum atomic E-state index is -0.758. The molecule has 1 atom stereocenters. The molecule has 0 aromatic carbocycles. The number of carboxylic acid groups (broad SMARTS) is 1. The number of hydrogen-bond donors (Lipinski definition) is 1. The molecule has 0 aromatic rings. The molecule has 0 rings (SSSR count). The van der Waals surface area contributed by atoms with Crippen LogP contribution < -0.4 is 0 Å². The summed E-state index contributed by atoms with van der Waals surface area (Å²) in [5, 5.41) is 8.87. The highest BCUT2D eigenvalue weighted by Crippen LogP contribution is 2.22. The first-order valence-electron chi connectivity index (χ1n) is 17.8. The minimum absolute atomic E-state index is 0.159. The van der Waals surface area contributed by atoms with Gasteiger partial charge in [0.15, 0.2) is 0 Å². The summed E-state index contributed by atoms with van der Waals surface area (Å²) in [5.41, 5.74) is 0. The Kier molecular flexibility index (Phi) is 29.8. The summed E-state index contributed by atoms with van der Waals surface area (Å²) < 4.78 is 0. The zero-order valence-electron chi connectivity index (χ0n) is 27.0. The van der Waals surface area contributed by atoms with Crippen molar-refractivity contribution in [2.45, 2.75) is 206 Å². The number of carboxylic acids is 1. The summed E-state index contributed by atoms with van der Waals surface area (Å²) in [7, 11) is 0. The van der Waals surface area contributed by atoms with Gasteiger partial charge in [0.05, 0.1) is 0 Å². The Balaban J connectivity index is 4.13. The van der Waals surface area contributed by atoms with Gasteiger partial charge in [-0.1, -0.05) is 155 Å². The molecule has 236 valence electrons. The normalized spacial score (nSPS) is 12.1. The minimum Gasteiger partial charge on any atom is -0.481 e. The maximum absolute atomic E-state index is 13.0. The zero-order valence-corrected chi connectivity index (χ0v) is 27.0. The second-order valence-corrected chi connectivity index (χ2v) is 12.5. The highest BCUT2D eigenvalue weighted by Gasteiger charge is 2.21. The Morgan fingerprint density at radius 2 is 0.800 bits per heavy atom. The topological polar surface area (TPSA) is 71.4 Å². The van der Waals surface area contributed by atoms with Crippen LogP contribution in [-0.4, -0.2) is 22.6 Å². The molecule has 1 unspecified atom stereocenters. The number of hydrogen-bond acceptors (Lipinski definition) is 3. The fourth-order valence-electron chi connectivity index (χ4n) is 5.75. The van der Waals surface area contributed by atoms with Crippen molar-refractivity contribution in [2.24, 2.45) is 5.92 Å². The SMILES string of the molecule is CCCCCCCCCCCCCC(=O)CC(CCCCCC(=O)O)C(=O)CCCCCCCCCCCCC. The van der Waals surface area contributed by atoms with Crippen molar-refractivity contribution in [3.8, 4) is 0 Å². The highest BCUT2D eigenvalue weighted by atomic mass is 16.4. The Bertz CT molecular complexity index is 585. The van der Waals surface area contributed by atoms with E-state index in [1.165, 1.54) is 116 Å². The standard InChI is InChI=1S/C36H68O4/c1-3-5-7-9-11-13-15-17-19-21-25-29-34(37)32-33(28-24-23-27-31-36(39)40)35(38)30-26-22-20-18-16-14-12-10-8-6-4-2/h33H,3-32H2,1-2H3,(H,39,40). The molecule has 0 amide bonds. The Hall–Kier alpha value is -1.19. The van der Waals surface area contributed by atoms with Crippen molar-refractivity contribution in [1.29, 1.82) is 0 Å². The Morgan fingerprint density at radius 3 is 1.23 bits per heavy atom. The first-order chi connectivity index (χ1) is 19.5. The number of aliphatic carboxylic acids is 1. The fraction of sp³-hybridized carbons (Fsp3) is 0.917. The van der Waals surface area contributed by atoms with Crippen LogP contribution in [0.1, 0.15) is 206 Å². The van der Waals surface area contributed by atoms with Crippen molar-refractivity contribution in [1.82, 2.24) is 0 Å². The van der Waals surface area contributed by atoms with Crippen LogP contribution in [0, 0.1) is 5.92 Å². The summed E-state index contributed by atoms with van der Waals surface area (Å²) in [6, 6.07) is 0. The molecule has 1 N–H and O–H groups in total. The number of unbranched alkanes of at least 4 members (excludes halogenated alkanes) is 22. The first-order valence-corrected chi connectivity index (χ1v) is 17.8. The smallest absolute Gasteiger partial charge is 0.303 e. The molecule has 0 heterocycles. The van der Waals surface area contributed by atoms with E-state index in [1.54, 1.807) is 0 Å². The van der Waals surface area contributed by atoms with Gasteiger partial charge in [0.1, 0.15) is 11.6 Å². The fourth-order valence-corrected chi connectivity index (χ4v) is 5.75. The highest BCUT2D eigenvalue weighted by molar-refractivity contribution is 5.87. The molecule has 0 aromatic heterocycles. The van der Waals surface area contributed by atoms with Crippen LogP contribution in [0.3, 0.4) is 0 Å². The lowest BCUT2D eigenvalue weighted by Crippen LogP contribution is -2.19. The molecule has 0 saturated carbocycles. The molecule has 0 aliphatic carbocycles. The predicted molar refractivity (Wildman–Crippen MR) is 171 cm³/mol. The van der Waals surface area contributed by atoms with Gasteiger partial charge in [0.25, 0.3) is 0 Å². The molecular weight excluding hydrogens is 496 g/mol. The lowest BCUT2D eigenvalue weighted by Gasteiger charge is -2.15. The number of carbonyl (C=O) groups is 3. The Morgan fingerprint density at radius 1 is 0.450 bits per heavy atom. The summed E-state index contributed by atoms with van der Waals surface area (Å²) in [5.74, 6) is -0.403. The van der Waals surface area contributed by atoms with E-state index in [9.17, 15) is 14.4 Å². The molecule has 0 bridgehead atoms. The molecule has 0 aliphatic heterocycles. The third-order valence-electron chi connectivity index (χ3n) is 8.46. The summed E-state index contributed by atoms with van der Waals surface area (Å²) in [6.07, 6.45) is 32.8. The molecule has 0 saturated heterocycles. The quantitative estimate of drug-likeness (QED) is 0.0804. The molecule has 0 aliphatic rings. The van der Waals surface area contributed by atoms with Gasteiger partial charge in [-0.3, -0.25) is 14.4 Å². The average molecular weight is 565 g/mol. The van der Waals surface area contributed by atoms with Crippen molar-refractivity contribution >= 4 is 17.5 Å². The molecule has 0 fully saturated rings. The number of rotatable bonds is 33. The van der Waals surface area contributed by atoms with Gasteiger partial charge in [-0.15, -0.1) is 0 Å². The van der Waals surface area contributed by atoms with Crippen LogP contribution in [0.15, 0.2) is 0 Å². The molecule has 40 heavy (non-hydrogen) atoms. The van der Waals surface area contributed by atoms with Crippen LogP contribution in [0.25, 0.3) is 0 Å². The first kappa shape index (κ1) is 38.8. The van der Waals surface area contributed by atoms with Gasteiger partial charge >= 0.3 is 5.97 Å². The van der Waals surface area contributed by atoms with Gasteiger partial charge in [0, 0.05) is 31.6 Å². The second-order valence-electron chi connectivity index (χ2n) is 12.5.